The summed E-state index contributed by atoms with van der Waals surface area (Å²) in [6, 6.07) is 5.02. The van der Waals surface area contributed by atoms with Crippen LogP contribution >= 0.6 is 34.8 Å². The van der Waals surface area contributed by atoms with Gasteiger partial charge in [0.2, 0.25) is 0 Å². The maximum atomic E-state index is 8.87. The van der Waals surface area contributed by atoms with Crippen LogP contribution < -0.4 is 5.73 Å². The number of aliphatic imine (C=N–C) groups is 1. The molecule has 0 aliphatic heterocycles. The molecule has 3 nitrogen and oxygen atoms in total. The van der Waals surface area contributed by atoms with Gasteiger partial charge < -0.3 is 5.73 Å². The molecule has 0 bridgehead atoms. The lowest BCUT2D eigenvalue weighted by atomic mass is 10.2. The van der Waals surface area contributed by atoms with E-state index < -0.39 is 0 Å². The van der Waals surface area contributed by atoms with E-state index in [2.05, 4.69) is 4.99 Å². The molecular formula is C9H6Cl3N3. The Morgan fingerprint density at radius 3 is 2.67 bits per heavy atom. The maximum absolute atomic E-state index is 8.87. The molecule has 0 aliphatic rings. The Hall–Kier alpha value is -0.950. The number of amidine groups is 1. The van der Waals surface area contributed by atoms with Crippen LogP contribution in [0, 0.1) is 11.3 Å². The quantitative estimate of drug-likeness (QED) is 0.506. The normalized spacial score (nSPS) is 11.2. The molecule has 6 heteroatoms. The molecule has 0 saturated carbocycles. The van der Waals surface area contributed by atoms with Crippen molar-refractivity contribution in [1.29, 1.82) is 5.26 Å². The first-order chi connectivity index (χ1) is 7.10. The van der Waals surface area contributed by atoms with Gasteiger partial charge in [-0.25, -0.2) is 4.99 Å². The van der Waals surface area contributed by atoms with Crippen molar-refractivity contribution in [2.75, 3.05) is 5.88 Å². The zero-order valence-corrected chi connectivity index (χ0v) is 9.74. The van der Waals surface area contributed by atoms with Crippen LogP contribution in [0.25, 0.3) is 0 Å². The van der Waals surface area contributed by atoms with Crippen LogP contribution in [0.4, 0.5) is 5.69 Å². The van der Waals surface area contributed by atoms with E-state index in [1.165, 1.54) is 0 Å². The first kappa shape index (κ1) is 12.1. The van der Waals surface area contributed by atoms with Crippen molar-refractivity contribution < 1.29 is 0 Å². The monoisotopic (exact) mass is 261 g/mol. The van der Waals surface area contributed by atoms with Crippen molar-refractivity contribution >= 4 is 46.3 Å². The molecule has 1 aromatic carbocycles. The van der Waals surface area contributed by atoms with Gasteiger partial charge in [-0.3, -0.25) is 0 Å². The zero-order chi connectivity index (χ0) is 11.4. The second kappa shape index (κ2) is 5.22. The number of halogens is 3. The molecule has 0 aliphatic carbocycles. The number of rotatable bonds is 2. The lowest BCUT2D eigenvalue weighted by Gasteiger charge is -2.02. The molecule has 0 spiro atoms. The highest BCUT2D eigenvalue weighted by Gasteiger charge is 2.09. The first-order valence-corrected chi connectivity index (χ1v) is 5.16. The van der Waals surface area contributed by atoms with Gasteiger partial charge in [-0.2, -0.15) is 5.26 Å². The first-order valence-electron chi connectivity index (χ1n) is 3.87. The van der Waals surface area contributed by atoms with E-state index in [4.69, 9.17) is 45.8 Å². The fourth-order valence-electron chi connectivity index (χ4n) is 0.925. The van der Waals surface area contributed by atoms with Crippen LogP contribution in [0.3, 0.4) is 0 Å². The zero-order valence-electron chi connectivity index (χ0n) is 7.47. The van der Waals surface area contributed by atoms with Crippen molar-refractivity contribution in [2.24, 2.45) is 10.7 Å². The van der Waals surface area contributed by atoms with Gasteiger partial charge in [-0.05, 0) is 12.1 Å². The maximum Gasteiger partial charge on any atom is 0.115 e. The Labute approximate surface area is 102 Å². The Morgan fingerprint density at radius 2 is 2.13 bits per heavy atom. The molecule has 0 saturated heterocycles. The van der Waals surface area contributed by atoms with Gasteiger partial charge in [0.15, 0.2) is 0 Å². The van der Waals surface area contributed by atoms with Crippen LogP contribution in [-0.2, 0) is 0 Å². The smallest absolute Gasteiger partial charge is 0.115 e. The number of alkyl halides is 1. The van der Waals surface area contributed by atoms with Crippen molar-refractivity contribution in [3.8, 4) is 6.07 Å². The molecule has 0 unspecified atom stereocenters. The molecule has 78 valence electrons. The van der Waals surface area contributed by atoms with Crippen LogP contribution in [-0.4, -0.2) is 11.7 Å². The molecule has 15 heavy (non-hydrogen) atoms. The fraction of sp³-hybridized carbons (Fsp3) is 0.111. The molecule has 0 aromatic heterocycles. The molecule has 0 atom stereocenters. The van der Waals surface area contributed by atoms with Crippen molar-refractivity contribution in [3.63, 3.8) is 0 Å². The Morgan fingerprint density at radius 1 is 1.47 bits per heavy atom. The molecule has 2 N–H and O–H groups in total. The van der Waals surface area contributed by atoms with E-state index in [0.717, 1.165) is 0 Å². The molecule has 1 aromatic rings. The highest BCUT2D eigenvalue weighted by Crippen LogP contribution is 2.32. The van der Waals surface area contributed by atoms with Crippen LogP contribution in [0.5, 0.6) is 0 Å². The summed E-state index contributed by atoms with van der Waals surface area (Å²) < 4.78 is 0. The second-order valence-corrected chi connectivity index (χ2v) is 3.66. The van der Waals surface area contributed by atoms with E-state index in [-0.39, 0.29) is 22.3 Å². The minimum Gasteiger partial charge on any atom is -0.386 e. The average molecular weight is 263 g/mol. The summed E-state index contributed by atoms with van der Waals surface area (Å²) in [6.07, 6.45) is 0. The number of nitrogens with two attached hydrogens (primary N) is 1. The van der Waals surface area contributed by atoms with Gasteiger partial charge >= 0.3 is 0 Å². The van der Waals surface area contributed by atoms with Crippen molar-refractivity contribution in [3.05, 3.63) is 27.7 Å². The highest BCUT2D eigenvalue weighted by atomic mass is 35.5. The lowest BCUT2D eigenvalue weighted by molar-refractivity contribution is 1.41. The third-order valence-electron chi connectivity index (χ3n) is 1.59. The Kier molecular flexibility index (Phi) is 4.22. The van der Waals surface area contributed by atoms with Gasteiger partial charge in [0.25, 0.3) is 0 Å². The predicted octanol–water partition coefficient (Wildman–Crippen LogP) is 3.09. The van der Waals surface area contributed by atoms with Crippen LogP contribution in [0.15, 0.2) is 17.1 Å². The molecule has 0 radical (unpaired) electrons. The average Bonchev–Trinajstić information content (AvgIpc) is 2.24. The molecule has 1 rings (SSSR count). The van der Waals surface area contributed by atoms with Gasteiger partial charge in [-0.1, -0.05) is 23.2 Å². The summed E-state index contributed by atoms with van der Waals surface area (Å²) in [7, 11) is 0. The summed E-state index contributed by atoms with van der Waals surface area (Å²) in [5.41, 5.74) is 6.01. The Balaban J connectivity index is 3.33. The summed E-state index contributed by atoms with van der Waals surface area (Å²) >= 11 is 17.0. The van der Waals surface area contributed by atoms with E-state index in [1.54, 1.807) is 12.1 Å². The second-order valence-electron chi connectivity index (χ2n) is 2.60. The minimum absolute atomic E-state index is 0.0884. The Bertz CT molecular complexity index is 449. The number of benzene rings is 1. The SMILES string of the molecule is N#Cc1c(N=C(N)CCl)ccc(Cl)c1Cl. The summed E-state index contributed by atoms with van der Waals surface area (Å²) in [4.78, 5) is 3.95. The number of nitriles is 1. The number of nitrogens with zero attached hydrogens (tertiary/aromatic N) is 2. The molecule has 0 fully saturated rings. The van der Waals surface area contributed by atoms with E-state index in [1.807, 2.05) is 6.07 Å². The highest BCUT2D eigenvalue weighted by molar-refractivity contribution is 6.43. The van der Waals surface area contributed by atoms with Gasteiger partial charge in [0.1, 0.15) is 11.9 Å². The molecule has 0 heterocycles. The predicted molar refractivity (Wildman–Crippen MR) is 63.2 cm³/mol. The molecular weight excluding hydrogens is 256 g/mol. The fourth-order valence-corrected chi connectivity index (χ4v) is 1.34. The topological polar surface area (TPSA) is 62.2 Å². The third kappa shape index (κ3) is 2.75. The third-order valence-corrected chi connectivity index (χ3v) is 2.66. The van der Waals surface area contributed by atoms with E-state index >= 15 is 0 Å². The van der Waals surface area contributed by atoms with Crippen LogP contribution in [0.1, 0.15) is 5.56 Å². The van der Waals surface area contributed by atoms with Gasteiger partial charge in [-0.15, -0.1) is 11.6 Å². The van der Waals surface area contributed by atoms with Crippen molar-refractivity contribution in [2.45, 2.75) is 0 Å². The van der Waals surface area contributed by atoms with Crippen molar-refractivity contribution in [1.82, 2.24) is 0 Å². The van der Waals surface area contributed by atoms with Gasteiger partial charge in [0, 0.05) is 0 Å². The van der Waals surface area contributed by atoms with E-state index in [0.29, 0.717) is 10.7 Å². The van der Waals surface area contributed by atoms with E-state index in [9.17, 15) is 0 Å². The summed E-state index contributed by atoms with van der Waals surface area (Å²) in [5.74, 6) is 0.303. The largest absolute Gasteiger partial charge is 0.386 e. The molecule has 0 amide bonds. The number of hydrogen-bond acceptors (Lipinski definition) is 2. The summed E-state index contributed by atoms with van der Waals surface area (Å²) in [6.45, 7) is 0. The lowest BCUT2D eigenvalue weighted by Crippen LogP contribution is -2.12. The summed E-state index contributed by atoms with van der Waals surface area (Å²) in [5, 5.41) is 9.34. The van der Waals surface area contributed by atoms with Gasteiger partial charge in [0.05, 0.1) is 27.2 Å². The minimum atomic E-state index is 0.0884. The number of hydrogen-bond donors (Lipinski definition) is 1. The van der Waals surface area contributed by atoms with Crippen LogP contribution in [0.2, 0.25) is 10.0 Å². The standard InChI is InChI=1S/C9H6Cl3N3/c10-3-8(14)15-7-2-1-6(11)9(12)5(7)4-13/h1-2H,3H2,(H2,14,15).